The lowest BCUT2D eigenvalue weighted by Gasteiger charge is -2.05. The Balaban J connectivity index is 1.88. The van der Waals surface area contributed by atoms with Crippen molar-refractivity contribution >= 4 is 57.0 Å². The number of halogens is 1. The van der Waals surface area contributed by atoms with E-state index in [2.05, 4.69) is 4.99 Å². The summed E-state index contributed by atoms with van der Waals surface area (Å²) in [5, 5.41) is 0. The van der Waals surface area contributed by atoms with Crippen LogP contribution in [0.25, 0.3) is 10.2 Å². The SMILES string of the molecule is CCOC(=O)c1ccc2c(c1)sc(=NC(=O)CSc1ccc(F)cc1)n2CCSC. The number of aryl methyl sites for hydroxylation is 1. The zero-order chi connectivity index (χ0) is 21.5. The molecule has 2 aromatic carbocycles. The minimum atomic E-state index is -0.367. The van der Waals surface area contributed by atoms with Crippen molar-refractivity contribution in [3.8, 4) is 0 Å². The first kappa shape index (κ1) is 22.6. The molecular weight excluding hydrogens is 443 g/mol. The standard InChI is InChI=1S/C21H21FN2O3S3/c1-3-27-20(26)14-4-9-17-18(12-14)30-21(24(17)10-11-28-2)23-19(25)13-29-16-7-5-15(22)6-8-16/h4-9,12H,3,10-11,13H2,1-2H3. The second-order valence-electron chi connectivity index (χ2n) is 6.18. The molecule has 0 N–H and O–H groups in total. The van der Waals surface area contributed by atoms with Crippen LogP contribution >= 0.6 is 34.9 Å². The van der Waals surface area contributed by atoms with E-state index in [1.165, 1.54) is 35.2 Å². The Labute approximate surface area is 186 Å². The Morgan fingerprint density at radius 1 is 1.20 bits per heavy atom. The maximum Gasteiger partial charge on any atom is 0.338 e. The number of aromatic nitrogens is 1. The van der Waals surface area contributed by atoms with Crippen molar-refractivity contribution in [3.05, 3.63) is 58.6 Å². The number of thioether (sulfide) groups is 2. The zero-order valence-electron chi connectivity index (χ0n) is 16.6. The summed E-state index contributed by atoms with van der Waals surface area (Å²) >= 11 is 4.40. The molecule has 0 unspecified atom stereocenters. The molecule has 1 aromatic heterocycles. The largest absolute Gasteiger partial charge is 0.462 e. The fourth-order valence-corrected chi connectivity index (χ4v) is 4.87. The first-order valence-electron chi connectivity index (χ1n) is 9.27. The highest BCUT2D eigenvalue weighted by molar-refractivity contribution is 8.00. The summed E-state index contributed by atoms with van der Waals surface area (Å²) in [6, 6.07) is 11.4. The number of amides is 1. The van der Waals surface area contributed by atoms with Crippen molar-refractivity contribution in [2.24, 2.45) is 4.99 Å². The lowest BCUT2D eigenvalue weighted by molar-refractivity contribution is -0.115. The average molecular weight is 465 g/mol. The topological polar surface area (TPSA) is 60.7 Å². The van der Waals surface area contributed by atoms with Gasteiger partial charge in [0.15, 0.2) is 4.80 Å². The predicted molar refractivity (Wildman–Crippen MR) is 122 cm³/mol. The van der Waals surface area contributed by atoms with Gasteiger partial charge in [0, 0.05) is 17.2 Å². The minimum absolute atomic E-state index is 0.163. The Bertz CT molecular complexity index is 1110. The highest BCUT2D eigenvalue weighted by atomic mass is 32.2. The van der Waals surface area contributed by atoms with E-state index >= 15 is 0 Å². The number of rotatable bonds is 8. The third kappa shape index (κ3) is 5.74. The number of carbonyl (C=O) groups is 2. The van der Waals surface area contributed by atoms with Crippen LogP contribution in [0.15, 0.2) is 52.4 Å². The van der Waals surface area contributed by atoms with Crippen LogP contribution in [0.3, 0.4) is 0 Å². The number of esters is 1. The monoisotopic (exact) mass is 464 g/mol. The minimum Gasteiger partial charge on any atom is -0.462 e. The molecule has 0 radical (unpaired) electrons. The first-order valence-corrected chi connectivity index (χ1v) is 12.5. The number of thiazole rings is 1. The molecule has 1 amide bonds. The maximum absolute atomic E-state index is 13.0. The molecule has 0 fully saturated rings. The molecule has 30 heavy (non-hydrogen) atoms. The van der Waals surface area contributed by atoms with Gasteiger partial charge in [0.2, 0.25) is 0 Å². The summed E-state index contributed by atoms with van der Waals surface area (Å²) in [6.45, 7) is 2.79. The molecule has 1 heterocycles. The van der Waals surface area contributed by atoms with Gasteiger partial charge < -0.3 is 9.30 Å². The summed E-state index contributed by atoms with van der Waals surface area (Å²) in [5.74, 6) is 0.0963. The van der Waals surface area contributed by atoms with E-state index in [0.29, 0.717) is 23.5 Å². The van der Waals surface area contributed by atoms with E-state index in [9.17, 15) is 14.0 Å². The van der Waals surface area contributed by atoms with Gasteiger partial charge in [-0.25, -0.2) is 9.18 Å². The number of benzene rings is 2. The summed E-state index contributed by atoms with van der Waals surface area (Å²) in [5.41, 5.74) is 1.41. The van der Waals surface area contributed by atoms with E-state index in [-0.39, 0.29) is 23.4 Å². The Hall–Kier alpha value is -2.10. The van der Waals surface area contributed by atoms with E-state index < -0.39 is 0 Å². The second-order valence-corrected chi connectivity index (χ2v) is 9.22. The van der Waals surface area contributed by atoms with E-state index in [0.717, 1.165) is 20.9 Å². The van der Waals surface area contributed by atoms with Crippen molar-refractivity contribution < 1.29 is 18.7 Å². The molecule has 0 saturated heterocycles. The summed E-state index contributed by atoms with van der Waals surface area (Å²) < 4.78 is 21.0. The molecule has 0 atom stereocenters. The predicted octanol–water partition coefficient (Wildman–Crippen LogP) is 4.60. The summed E-state index contributed by atoms with van der Waals surface area (Å²) in [4.78, 5) is 30.2. The van der Waals surface area contributed by atoms with E-state index in [1.807, 2.05) is 16.9 Å². The van der Waals surface area contributed by atoms with Gasteiger partial charge in [-0.2, -0.15) is 16.8 Å². The van der Waals surface area contributed by atoms with Crippen LogP contribution in [0.5, 0.6) is 0 Å². The summed E-state index contributed by atoms with van der Waals surface area (Å²) in [6.07, 6.45) is 2.02. The zero-order valence-corrected chi connectivity index (χ0v) is 19.0. The molecule has 3 aromatic rings. The van der Waals surface area contributed by atoms with Gasteiger partial charge in [-0.05, 0) is 55.6 Å². The number of ether oxygens (including phenoxy) is 1. The Morgan fingerprint density at radius 3 is 2.67 bits per heavy atom. The highest BCUT2D eigenvalue weighted by Gasteiger charge is 2.12. The van der Waals surface area contributed by atoms with Crippen LogP contribution in [0.1, 0.15) is 17.3 Å². The van der Waals surface area contributed by atoms with Gasteiger partial charge >= 0.3 is 5.97 Å². The third-order valence-electron chi connectivity index (χ3n) is 4.11. The number of carbonyl (C=O) groups excluding carboxylic acids is 2. The molecule has 5 nitrogen and oxygen atoms in total. The van der Waals surface area contributed by atoms with Crippen LogP contribution in [0, 0.1) is 5.82 Å². The first-order chi connectivity index (χ1) is 14.5. The van der Waals surface area contributed by atoms with Gasteiger partial charge in [0.1, 0.15) is 5.82 Å². The highest BCUT2D eigenvalue weighted by Crippen LogP contribution is 2.21. The smallest absolute Gasteiger partial charge is 0.338 e. The number of fused-ring (bicyclic) bond motifs is 1. The third-order valence-corrected chi connectivity index (χ3v) is 6.74. The van der Waals surface area contributed by atoms with Crippen LogP contribution in [-0.2, 0) is 16.1 Å². The quantitative estimate of drug-likeness (QED) is 0.360. The normalized spacial score (nSPS) is 11.8. The number of hydrogen-bond donors (Lipinski definition) is 0. The van der Waals surface area contributed by atoms with Crippen LogP contribution < -0.4 is 4.80 Å². The molecule has 0 aliphatic rings. The Kier molecular flexibility index (Phi) is 8.12. The molecule has 3 rings (SSSR count). The van der Waals surface area contributed by atoms with Gasteiger partial charge in [0.05, 0.1) is 28.1 Å². The van der Waals surface area contributed by atoms with Crippen molar-refractivity contribution in [2.45, 2.75) is 18.4 Å². The molecule has 0 bridgehead atoms. The van der Waals surface area contributed by atoms with Crippen molar-refractivity contribution in [1.82, 2.24) is 4.57 Å². The maximum atomic E-state index is 13.0. The molecule has 0 aliphatic heterocycles. The van der Waals surface area contributed by atoms with Gasteiger partial charge in [0.25, 0.3) is 5.91 Å². The lowest BCUT2D eigenvalue weighted by atomic mass is 10.2. The second kappa shape index (κ2) is 10.8. The molecule has 0 saturated carbocycles. The molecular formula is C21H21FN2O3S3. The van der Waals surface area contributed by atoms with Crippen molar-refractivity contribution in [3.63, 3.8) is 0 Å². The number of nitrogens with zero attached hydrogens (tertiary/aromatic N) is 2. The molecule has 0 aliphatic carbocycles. The van der Waals surface area contributed by atoms with Crippen LogP contribution in [0.2, 0.25) is 0 Å². The van der Waals surface area contributed by atoms with E-state index in [4.69, 9.17) is 4.74 Å². The van der Waals surface area contributed by atoms with Crippen molar-refractivity contribution in [2.75, 3.05) is 24.4 Å². The van der Waals surface area contributed by atoms with Gasteiger partial charge in [-0.1, -0.05) is 11.3 Å². The van der Waals surface area contributed by atoms with Crippen LogP contribution in [0.4, 0.5) is 4.39 Å². The summed E-state index contributed by atoms with van der Waals surface area (Å²) in [7, 11) is 0. The van der Waals surface area contributed by atoms with Gasteiger partial charge in [-0.3, -0.25) is 4.79 Å². The fourth-order valence-electron chi connectivity index (χ4n) is 2.71. The van der Waals surface area contributed by atoms with E-state index in [1.54, 1.807) is 43.0 Å². The number of hydrogen-bond acceptors (Lipinski definition) is 6. The lowest BCUT2D eigenvalue weighted by Crippen LogP contribution is -2.18. The van der Waals surface area contributed by atoms with Crippen molar-refractivity contribution in [1.29, 1.82) is 0 Å². The molecule has 9 heteroatoms. The van der Waals surface area contributed by atoms with Gasteiger partial charge in [-0.15, -0.1) is 11.8 Å². The Morgan fingerprint density at radius 2 is 1.97 bits per heavy atom. The van der Waals surface area contributed by atoms with Crippen LogP contribution in [-0.4, -0.2) is 40.8 Å². The average Bonchev–Trinajstić information content (AvgIpc) is 3.08. The fraction of sp³-hybridized carbons (Fsp3) is 0.286. The molecule has 158 valence electrons. The molecule has 0 spiro atoms.